The molecule has 1 amide bonds. The van der Waals surface area contributed by atoms with E-state index >= 15 is 0 Å². The van der Waals surface area contributed by atoms with Crippen molar-refractivity contribution in [2.24, 2.45) is 0 Å². The molecule has 0 unspecified atom stereocenters. The Morgan fingerprint density at radius 2 is 1.91 bits per heavy atom. The number of nitrogens with zero attached hydrogens (tertiary/aromatic N) is 2. The van der Waals surface area contributed by atoms with Crippen LogP contribution in [0.2, 0.25) is 0 Å². The number of fused-ring (bicyclic) bond motifs is 2. The summed E-state index contributed by atoms with van der Waals surface area (Å²) in [4.78, 5) is 31.6. The van der Waals surface area contributed by atoms with Crippen molar-refractivity contribution in [1.82, 2.24) is 9.88 Å². The average molecular weight is 426 g/mol. The Morgan fingerprint density at radius 1 is 1.06 bits per heavy atom. The van der Waals surface area contributed by atoms with Gasteiger partial charge in [-0.2, -0.15) is 0 Å². The third kappa shape index (κ3) is 3.07. The normalized spacial score (nSPS) is 21.9. The lowest BCUT2D eigenvalue weighted by molar-refractivity contribution is 0.0773. The summed E-state index contributed by atoms with van der Waals surface area (Å²) in [5, 5.41) is 0. The molecule has 6 rings (SSSR count). The molecular formula is C27H23FN2O2. The zero-order chi connectivity index (χ0) is 21.9. The molecule has 1 aromatic heterocycles. The van der Waals surface area contributed by atoms with E-state index in [9.17, 15) is 14.0 Å². The molecule has 0 N–H and O–H groups in total. The van der Waals surface area contributed by atoms with Crippen molar-refractivity contribution in [3.05, 3.63) is 89.0 Å². The number of aromatic nitrogens is 1. The SMILES string of the molecule is O=C1C[C@@]2(CCN(C(=O)c3ccc(F)cn3)C2)c2ccc(-c3ccccc3C3CC3)cc21. The van der Waals surface area contributed by atoms with Crippen molar-refractivity contribution in [2.45, 2.75) is 37.0 Å². The Hall–Kier alpha value is -3.34. The first-order chi connectivity index (χ1) is 15.5. The van der Waals surface area contributed by atoms with Crippen LogP contribution >= 0.6 is 0 Å². The largest absolute Gasteiger partial charge is 0.336 e. The molecule has 4 nitrogen and oxygen atoms in total. The zero-order valence-electron chi connectivity index (χ0n) is 17.7. The molecule has 1 saturated heterocycles. The van der Waals surface area contributed by atoms with Crippen LogP contribution in [0.5, 0.6) is 0 Å². The number of likely N-dealkylation sites (tertiary alicyclic amines) is 1. The molecule has 3 aromatic rings. The van der Waals surface area contributed by atoms with Crippen molar-refractivity contribution >= 4 is 11.7 Å². The molecule has 1 saturated carbocycles. The minimum absolute atomic E-state index is 0.153. The minimum Gasteiger partial charge on any atom is -0.336 e. The van der Waals surface area contributed by atoms with Crippen LogP contribution in [0.1, 0.15) is 63.6 Å². The second-order valence-corrected chi connectivity index (χ2v) is 9.34. The van der Waals surface area contributed by atoms with E-state index in [1.807, 2.05) is 0 Å². The van der Waals surface area contributed by atoms with Gasteiger partial charge in [0.1, 0.15) is 11.5 Å². The van der Waals surface area contributed by atoms with Crippen molar-refractivity contribution in [1.29, 1.82) is 0 Å². The van der Waals surface area contributed by atoms with Gasteiger partial charge in [-0.25, -0.2) is 9.37 Å². The number of ketones is 1. The predicted molar refractivity (Wildman–Crippen MR) is 119 cm³/mol. The van der Waals surface area contributed by atoms with E-state index in [0.717, 1.165) is 29.3 Å². The maximum Gasteiger partial charge on any atom is 0.272 e. The average Bonchev–Trinajstić information content (AvgIpc) is 3.53. The highest BCUT2D eigenvalue weighted by molar-refractivity contribution is 6.04. The monoisotopic (exact) mass is 426 g/mol. The molecule has 2 fully saturated rings. The molecule has 160 valence electrons. The fraction of sp³-hybridized carbons (Fsp3) is 0.296. The van der Waals surface area contributed by atoms with Gasteiger partial charge in [0.15, 0.2) is 5.78 Å². The first-order valence-electron chi connectivity index (χ1n) is 11.2. The number of Topliss-reactive ketones (excluding diaryl/α,β-unsaturated/α-hetero) is 1. The number of carbonyl (C=O) groups excluding carboxylic acids is 2. The number of hydrogen-bond acceptors (Lipinski definition) is 3. The summed E-state index contributed by atoms with van der Waals surface area (Å²) >= 11 is 0. The van der Waals surface area contributed by atoms with Gasteiger partial charge in [0.2, 0.25) is 0 Å². The van der Waals surface area contributed by atoms with Crippen LogP contribution in [0.25, 0.3) is 11.1 Å². The van der Waals surface area contributed by atoms with Crippen LogP contribution in [0.3, 0.4) is 0 Å². The summed E-state index contributed by atoms with van der Waals surface area (Å²) in [5.74, 6) is 0.113. The number of rotatable bonds is 3. The maximum absolute atomic E-state index is 13.2. The van der Waals surface area contributed by atoms with Gasteiger partial charge in [-0.05, 0) is 65.6 Å². The molecule has 0 bridgehead atoms. The van der Waals surface area contributed by atoms with Crippen molar-refractivity contribution in [3.63, 3.8) is 0 Å². The predicted octanol–water partition coefficient (Wildman–Crippen LogP) is 5.14. The number of halogens is 1. The van der Waals surface area contributed by atoms with E-state index in [2.05, 4.69) is 47.4 Å². The van der Waals surface area contributed by atoms with E-state index in [4.69, 9.17) is 0 Å². The van der Waals surface area contributed by atoms with E-state index in [-0.39, 0.29) is 22.8 Å². The van der Waals surface area contributed by atoms with Crippen LogP contribution in [0.4, 0.5) is 4.39 Å². The number of carbonyl (C=O) groups is 2. The summed E-state index contributed by atoms with van der Waals surface area (Å²) < 4.78 is 13.2. The van der Waals surface area contributed by atoms with Crippen LogP contribution in [-0.4, -0.2) is 34.7 Å². The Bertz CT molecular complexity index is 1250. The number of pyridine rings is 1. The summed E-state index contributed by atoms with van der Waals surface area (Å²) in [6, 6.07) is 17.5. The summed E-state index contributed by atoms with van der Waals surface area (Å²) in [5.41, 5.74) is 5.43. The van der Waals surface area contributed by atoms with Gasteiger partial charge in [-0.15, -0.1) is 0 Å². The molecular weight excluding hydrogens is 403 g/mol. The number of hydrogen-bond donors (Lipinski definition) is 0. The third-order valence-electron chi connectivity index (χ3n) is 7.27. The van der Waals surface area contributed by atoms with Crippen molar-refractivity contribution < 1.29 is 14.0 Å². The molecule has 5 heteroatoms. The molecule has 1 spiro atoms. The van der Waals surface area contributed by atoms with Crippen molar-refractivity contribution in [3.8, 4) is 11.1 Å². The second-order valence-electron chi connectivity index (χ2n) is 9.34. The van der Waals surface area contributed by atoms with Gasteiger partial charge in [-0.1, -0.05) is 36.4 Å². The zero-order valence-corrected chi connectivity index (χ0v) is 17.7. The molecule has 3 aliphatic rings. The first kappa shape index (κ1) is 19.4. The van der Waals surface area contributed by atoms with Gasteiger partial charge >= 0.3 is 0 Å². The summed E-state index contributed by atoms with van der Waals surface area (Å²) in [6.45, 7) is 1.05. The van der Waals surface area contributed by atoms with Gasteiger partial charge < -0.3 is 4.90 Å². The lowest BCUT2D eigenvalue weighted by Crippen LogP contribution is -2.34. The van der Waals surface area contributed by atoms with Crippen molar-refractivity contribution in [2.75, 3.05) is 13.1 Å². The first-order valence-corrected chi connectivity index (χ1v) is 11.2. The molecule has 2 aliphatic carbocycles. The lowest BCUT2D eigenvalue weighted by atomic mass is 9.80. The van der Waals surface area contributed by atoms with Crippen LogP contribution in [0.15, 0.2) is 60.8 Å². The standard InChI is InChI=1S/C27H23FN2O2/c28-19-8-10-24(29-15-19)26(32)30-12-11-27(16-30)14-25(31)22-13-18(7-9-23(22)27)21-4-2-1-3-20(21)17-5-6-17/h1-4,7-10,13,15,17H,5-6,11-12,14,16H2/t27-/m1/s1. The van der Waals surface area contributed by atoms with Crippen LogP contribution in [0, 0.1) is 5.82 Å². The number of amides is 1. The molecule has 2 heterocycles. The van der Waals surface area contributed by atoms with Crippen LogP contribution in [-0.2, 0) is 5.41 Å². The Morgan fingerprint density at radius 3 is 2.69 bits per heavy atom. The van der Waals surface area contributed by atoms with Gasteiger partial charge in [0, 0.05) is 30.5 Å². The van der Waals surface area contributed by atoms with E-state index in [1.165, 1.54) is 36.1 Å². The van der Waals surface area contributed by atoms with Gasteiger partial charge in [0.05, 0.1) is 6.20 Å². The summed E-state index contributed by atoms with van der Waals surface area (Å²) in [7, 11) is 0. The van der Waals surface area contributed by atoms with E-state index < -0.39 is 5.82 Å². The minimum atomic E-state index is -0.464. The highest BCUT2D eigenvalue weighted by atomic mass is 19.1. The quantitative estimate of drug-likeness (QED) is 0.583. The highest BCUT2D eigenvalue weighted by Gasteiger charge is 2.49. The topological polar surface area (TPSA) is 50.3 Å². The summed E-state index contributed by atoms with van der Waals surface area (Å²) in [6.07, 6.45) is 4.70. The second kappa shape index (κ2) is 7.09. The van der Waals surface area contributed by atoms with E-state index in [0.29, 0.717) is 25.4 Å². The lowest BCUT2D eigenvalue weighted by Gasteiger charge is -2.25. The van der Waals surface area contributed by atoms with E-state index in [1.54, 1.807) is 4.90 Å². The Labute approximate surface area is 186 Å². The molecule has 32 heavy (non-hydrogen) atoms. The smallest absolute Gasteiger partial charge is 0.272 e. The Balaban J connectivity index is 1.31. The Kier molecular flexibility index (Phi) is 4.29. The highest BCUT2D eigenvalue weighted by Crippen LogP contribution is 2.48. The molecule has 0 radical (unpaired) electrons. The molecule has 1 aliphatic heterocycles. The molecule has 1 atom stereocenters. The van der Waals surface area contributed by atoms with Crippen LogP contribution < -0.4 is 0 Å². The fourth-order valence-corrected chi connectivity index (χ4v) is 5.49. The third-order valence-corrected chi connectivity index (χ3v) is 7.27. The fourth-order valence-electron chi connectivity index (χ4n) is 5.49. The maximum atomic E-state index is 13.2. The van der Waals surface area contributed by atoms with Gasteiger partial charge in [0.25, 0.3) is 5.91 Å². The van der Waals surface area contributed by atoms with Gasteiger partial charge in [-0.3, -0.25) is 9.59 Å². The molecule has 2 aromatic carbocycles. The number of benzene rings is 2.